The van der Waals surface area contributed by atoms with Crippen molar-refractivity contribution in [3.63, 3.8) is 0 Å². The highest BCUT2D eigenvalue weighted by atomic mass is 16.5. The average molecular weight is 278 g/mol. The van der Waals surface area contributed by atoms with Crippen molar-refractivity contribution in [2.75, 3.05) is 38.7 Å². The maximum Gasteiger partial charge on any atom is 0.321 e. The van der Waals surface area contributed by atoms with Gasteiger partial charge in [0.2, 0.25) is 0 Å². The zero-order valence-electron chi connectivity index (χ0n) is 11.9. The Morgan fingerprint density at radius 2 is 2.10 bits per heavy atom. The lowest BCUT2D eigenvalue weighted by atomic mass is 10.2. The zero-order chi connectivity index (χ0) is 14.2. The molecule has 0 saturated carbocycles. The molecular formula is C15H22N2O3. The Bertz CT molecular complexity index is 431. The van der Waals surface area contributed by atoms with Crippen molar-refractivity contribution < 1.29 is 14.3 Å². The predicted molar refractivity (Wildman–Crippen MR) is 77.8 cm³/mol. The third-order valence-corrected chi connectivity index (χ3v) is 3.27. The van der Waals surface area contributed by atoms with Crippen molar-refractivity contribution in [1.29, 1.82) is 0 Å². The Morgan fingerprint density at radius 3 is 2.85 bits per heavy atom. The predicted octanol–water partition coefficient (Wildman–Crippen LogP) is 2.48. The summed E-state index contributed by atoms with van der Waals surface area (Å²) >= 11 is 0. The van der Waals surface area contributed by atoms with Crippen LogP contribution in [0.1, 0.15) is 18.4 Å². The number of ether oxygens (including phenoxy) is 2. The van der Waals surface area contributed by atoms with Gasteiger partial charge in [0.1, 0.15) is 0 Å². The number of benzene rings is 1. The van der Waals surface area contributed by atoms with Crippen molar-refractivity contribution in [1.82, 2.24) is 4.90 Å². The third kappa shape index (κ3) is 4.51. The van der Waals surface area contributed by atoms with Crippen LogP contribution in [-0.4, -0.2) is 44.3 Å². The van der Waals surface area contributed by atoms with Crippen LogP contribution in [0.3, 0.4) is 0 Å². The van der Waals surface area contributed by atoms with E-state index >= 15 is 0 Å². The summed E-state index contributed by atoms with van der Waals surface area (Å²) in [5.41, 5.74) is 1.86. The molecule has 1 fully saturated rings. The summed E-state index contributed by atoms with van der Waals surface area (Å²) in [5.74, 6) is 0. The summed E-state index contributed by atoms with van der Waals surface area (Å²) in [7, 11) is 1.65. The number of amides is 2. The van der Waals surface area contributed by atoms with Gasteiger partial charge in [0, 0.05) is 25.9 Å². The molecule has 1 saturated heterocycles. The van der Waals surface area contributed by atoms with Crippen molar-refractivity contribution >= 4 is 11.7 Å². The monoisotopic (exact) mass is 278 g/mol. The molecule has 5 heteroatoms. The highest BCUT2D eigenvalue weighted by Gasteiger charge is 2.17. The van der Waals surface area contributed by atoms with E-state index in [9.17, 15) is 4.79 Å². The van der Waals surface area contributed by atoms with Gasteiger partial charge in [0.15, 0.2) is 0 Å². The van der Waals surface area contributed by atoms with Gasteiger partial charge >= 0.3 is 6.03 Å². The molecule has 1 aromatic rings. The van der Waals surface area contributed by atoms with E-state index in [1.54, 1.807) is 7.11 Å². The van der Waals surface area contributed by atoms with Crippen LogP contribution in [0.5, 0.6) is 0 Å². The summed E-state index contributed by atoms with van der Waals surface area (Å²) in [6, 6.07) is 7.74. The molecule has 110 valence electrons. The lowest BCUT2D eigenvalue weighted by Gasteiger charge is -2.16. The number of likely N-dealkylation sites (tertiary alicyclic amines) is 1. The molecule has 1 N–H and O–H groups in total. The van der Waals surface area contributed by atoms with Gasteiger partial charge in [-0.1, -0.05) is 12.1 Å². The first-order valence-electron chi connectivity index (χ1n) is 7.01. The zero-order valence-corrected chi connectivity index (χ0v) is 11.9. The van der Waals surface area contributed by atoms with E-state index in [0.29, 0.717) is 19.8 Å². The number of rotatable bonds is 6. The quantitative estimate of drug-likeness (QED) is 0.813. The second kappa shape index (κ2) is 7.87. The lowest BCUT2D eigenvalue weighted by molar-refractivity contribution is 0.0617. The second-order valence-electron chi connectivity index (χ2n) is 4.87. The van der Waals surface area contributed by atoms with Gasteiger partial charge in [-0.15, -0.1) is 0 Å². The summed E-state index contributed by atoms with van der Waals surface area (Å²) in [5, 5.41) is 2.93. The van der Waals surface area contributed by atoms with Gasteiger partial charge < -0.3 is 19.7 Å². The van der Waals surface area contributed by atoms with Gasteiger partial charge in [0.05, 0.1) is 19.8 Å². The minimum absolute atomic E-state index is 0.0139. The number of nitrogens with zero attached hydrogens (tertiary/aromatic N) is 1. The van der Waals surface area contributed by atoms with E-state index in [0.717, 1.165) is 37.2 Å². The van der Waals surface area contributed by atoms with Gasteiger partial charge in [-0.2, -0.15) is 0 Å². The van der Waals surface area contributed by atoms with Crippen LogP contribution in [-0.2, 0) is 16.1 Å². The molecule has 0 spiro atoms. The Balaban J connectivity index is 1.83. The number of carbonyl (C=O) groups excluding carboxylic acids is 1. The van der Waals surface area contributed by atoms with Crippen molar-refractivity contribution in [2.24, 2.45) is 0 Å². The first-order chi connectivity index (χ1) is 9.79. The molecule has 1 aromatic carbocycles. The summed E-state index contributed by atoms with van der Waals surface area (Å²) < 4.78 is 10.4. The Kier molecular flexibility index (Phi) is 5.83. The molecule has 1 aliphatic rings. The van der Waals surface area contributed by atoms with Gasteiger partial charge in [-0.05, 0) is 30.5 Å². The fourth-order valence-electron chi connectivity index (χ4n) is 2.19. The van der Waals surface area contributed by atoms with Crippen LogP contribution in [0, 0.1) is 0 Å². The minimum Gasteiger partial charge on any atom is -0.382 e. The van der Waals surface area contributed by atoms with Crippen molar-refractivity contribution in [2.45, 2.75) is 19.4 Å². The van der Waals surface area contributed by atoms with Crippen molar-refractivity contribution in [3.8, 4) is 0 Å². The molecular weight excluding hydrogens is 256 g/mol. The third-order valence-electron chi connectivity index (χ3n) is 3.27. The van der Waals surface area contributed by atoms with Gasteiger partial charge in [0.25, 0.3) is 0 Å². The fraction of sp³-hybridized carbons (Fsp3) is 0.533. The number of nitrogens with one attached hydrogen (secondary N) is 1. The normalized spacial score (nSPS) is 14.6. The average Bonchev–Trinajstić information content (AvgIpc) is 2.98. The first-order valence-corrected chi connectivity index (χ1v) is 7.01. The molecule has 2 amide bonds. The first kappa shape index (κ1) is 14.8. The number of urea groups is 1. The van der Waals surface area contributed by atoms with Crippen LogP contribution in [0.2, 0.25) is 0 Å². The van der Waals surface area contributed by atoms with E-state index in [1.807, 2.05) is 29.2 Å². The molecule has 0 radical (unpaired) electrons. The van der Waals surface area contributed by atoms with E-state index in [-0.39, 0.29) is 6.03 Å². The van der Waals surface area contributed by atoms with Crippen LogP contribution in [0.15, 0.2) is 24.3 Å². The van der Waals surface area contributed by atoms with Gasteiger partial charge in [-0.3, -0.25) is 0 Å². The maximum atomic E-state index is 12.0. The van der Waals surface area contributed by atoms with Crippen molar-refractivity contribution in [3.05, 3.63) is 29.8 Å². The van der Waals surface area contributed by atoms with E-state index in [4.69, 9.17) is 9.47 Å². The number of carbonyl (C=O) groups is 1. The number of anilines is 1. The highest BCUT2D eigenvalue weighted by Crippen LogP contribution is 2.14. The molecule has 0 aliphatic carbocycles. The van der Waals surface area contributed by atoms with E-state index in [1.165, 1.54) is 0 Å². The summed E-state index contributed by atoms with van der Waals surface area (Å²) in [6.07, 6.45) is 2.20. The topological polar surface area (TPSA) is 50.8 Å². The van der Waals surface area contributed by atoms with E-state index in [2.05, 4.69) is 5.32 Å². The molecule has 1 aliphatic heterocycles. The lowest BCUT2D eigenvalue weighted by Crippen LogP contribution is -2.32. The molecule has 0 atom stereocenters. The fourth-order valence-corrected chi connectivity index (χ4v) is 2.19. The van der Waals surface area contributed by atoms with E-state index < -0.39 is 0 Å². The number of methoxy groups -OCH3 is 1. The molecule has 2 rings (SSSR count). The van der Waals surface area contributed by atoms with Crippen LogP contribution >= 0.6 is 0 Å². The van der Waals surface area contributed by atoms with Crippen LogP contribution in [0.25, 0.3) is 0 Å². The summed E-state index contributed by atoms with van der Waals surface area (Å²) in [4.78, 5) is 13.8. The Morgan fingerprint density at radius 1 is 1.30 bits per heavy atom. The standard InChI is InChI=1S/C15H22N2O3/c1-19-9-10-20-12-13-5-4-6-14(11-13)16-15(18)17-7-2-3-8-17/h4-6,11H,2-3,7-10,12H2,1H3,(H,16,18). The Hall–Kier alpha value is -1.59. The molecule has 0 aromatic heterocycles. The minimum atomic E-state index is -0.0139. The van der Waals surface area contributed by atoms with Crippen LogP contribution in [0.4, 0.5) is 10.5 Å². The SMILES string of the molecule is COCCOCc1cccc(NC(=O)N2CCCC2)c1. The molecule has 0 unspecified atom stereocenters. The molecule has 5 nitrogen and oxygen atoms in total. The van der Waals surface area contributed by atoms with Crippen LogP contribution < -0.4 is 5.32 Å². The molecule has 20 heavy (non-hydrogen) atoms. The van der Waals surface area contributed by atoms with Gasteiger partial charge in [-0.25, -0.2) is 4.79 Å². The highest BCUT2D eigenvalue weighted by molar-refractivity contribution is 5.89. The molecule has 1 heterocycles. The second-order valence-corrected chi connectivity index (χ2v) is 4.87. The number of hydrogen-bond donors (Lipinski definition) is 1. The largest absolute Gasteiger partial charge is 0.382 e. The summed E-state index contributed by atoms with van der Waals surface area (Å²) in [6.45, 7) is 3.39. The number of hydrogen-bond acceptors (Lipinski definition) is 3. The maximum absolute atomic E-state index is 12.0. The smallest absolute Gasteiger partial charge is 0.321 e. The molecule has 0 bridgehead atoms. The Labute approximate surface area is 119 Å².